The van der Waals surface area contributed by atoms with Crippen LogP contribution in [0, 0.1) is 10.8 Å². The van der Waals surface area contributed by atoms with Gasteiger partial charge in [0, 0.05) is 0 Å². The minimum atomic E-state index is -0.854. The number of ether oxygens (including phenoxy) is 3. The Kier molecular flexibility index (Phi) is 8.38. The highest BCUT2D eigenvalue weighted by atomic mass is 16.6. The third kappa shape index (κ3) is 9.56. The normalized spacial score (nSPS) is 12.8. The summed E-state index contributed by atoms with van der Waals surface area (Å²) in [6.45, 7) is 11.5. The van der Waals surface area contributed by atoms with Gasteiger partial charge in [-0.15, -0.1) is 0 Å². The van der Waals surface area contributed by atoms with Crippen molar-refractivity contribution in [2.75, 3.05) is 7.11 Å². The summed E-state index contributed by atoms with van der Waals surface area (Å²) in [5, 5.41) is 0. The number of carbonyl (C=O) groups excluding carboxylic acids is 3. The molecule has 1 aromatic carbocycles. The van der Waals surface area contributed by atoms with Gasteiger partial charge in [-0.05, 0) is 34.9 Å². The molecule has 1 aromatic rings. The van der Waals surface area contributed by atoms with Crippen LogP contribution >= 0.6 is 0 Å². The number of nitrogens with two attached hydrogens (primary N) is 1. The average Bonchev–Trinajstić information content (AvgIpc) is 2.52. The van der Waals surface area contributed by atoms with E-state index in [2.05, 4.69) is 4.74 Å². The average molecular weight is 408 g/mol. The van der Waals surface area contributed by atoms with Crippen LogP contribution in [-0.2, 0) is 25.5 Å². The van der Waals surface area contributed by atoms with Crippen molar-refractivity contribution in [1.29, 1.82) is 0 Å². The summed E-state index contributed by atoms with van der Waals surface area (Å²) in [6.07, 6.45) is 0.582. The van der Waals surface area contributed by atoms with Crippen LogP contribution in [0.2, 0.25) is 0 Å². The zero-order valence-corrected chi connectivity index (χ0v) is 18.5. The molecule has 0 bridgehead atoms. The van der Waals surface area contributed by atoms with Gasteiger partial charge in [0.15, 0.2) is 11.5 Å². The Labute approximate surface area is 172 Å². The van der Waals surface area contributed by atoms with E-state index in [9.17, 15) is 14.4 Å². The van der Waals surface area contributed by atoms with Crippen molar-refractivity contribution in [2.45, 2.75) is 66.8 Å². The highest BCUT2D eigenvalue weighted by Crippen LogP contribution is 2.32. The second-order valence-electron chi connectivity index (χ2n) is 9.54. The molecule has 0 aliphatic rings. The first kappa shape index (κ1) is 24.6. The Bertz CT molecular complexity index is 743. The SMILES string of the molecule is COC(=O)C(N)Cc1ccc(OC(=O)CC(C)(C)C)c(OC(=O)CC(C)(C)C)c1. The molecule has 1 atom stereocenters. The maximum absolute atomic E-state index is 12.3. The van der Waals surface area contributed by atoms with E-state index >= 15 is 0 Å². The van der Waals surface area contributed by atoms with E-state index in [0.29, 0.717) is 5.56 Å². The molecule has 0 amide bonds. The summed E-state index contributed by atoms with van der Waals surface area (Å²) in [6, 6.07) is 3.92. The molecule has 29 heavy (non-hydrogen) atoms. The largest absolute Gasteiger partial charge is 0.468 e. The van der Waals surface area contributed by atoms with Gasteiger partial charge in [-0.25, -0.2) is 0 Å². The van der Waals surface area contributed by atoms with Gasteiger partial charge < -0.3 is 19.9 Å². The number of hydrogen-bond donors (Lipinski definition) is 1. The molecule has 0 saturated heterocycles. The number of hydrogen-bond acceptors (Lipinski definition) is 7. The lowest BCUT2D eigenvalue weighted by Gasteiger charge is -2.19. The molecule has 0 aromatic heterocycles. The van der Waals surface area contributed by atoms with E-state index in [-0.39, 0.29) is 41.6 Å². The van der Waals surface area contributed by atoms with E-state index in [0.717, 1.165) is 0 Å². The molecule has 7 nitrogen and oxygen atoms in total. The van der Waals surface area contributed by atoms with Gasteiger partial charge in [-0.3, -0.25) is 14.4 Å². The van der Waals surface area contributed by atoms with Crippen LogP contribution in [0.1, 0.15) is 59.9 Å². The van der Waals surface area contributed by atoms with Crippen molar-refractivity contribution in [3.63, 3.8) is 0 Å². The topological polar surface area (TPSA) is 105 Å². The van der Waals surface area contributed by atoms with E-state index in [1.54, 1.807) is 18.2 Å². The number of methoxy groups -OCH3 is 1. The molecule has 162 valence electrons. The van der Waals surface area contributed by atoms with Crippen LogP contribution in [-0.4, -0.2) is 31.1 Å². The van der Waals surface area contributed by atoms with Crippen LogP contribution in [0.3, 0.4) is 0 Å². The van der Waals surface area contributed by atoms with Crippen molar-refractivity contribution >= 4 is 17.9 Å². The lowest BCUT2D eigenvalue weighted by atomic mass is 9.92. The molecule has 0 fully saturated rings. The van der Waals surface area contributed by atoms with Gasteiger partial charge in [0.2, 0.25) is 0 Å². The van der Waals surface area contributed by atoms with Gasteiger partial charge in [0.05, 0.1) is 20.0 Å². The Morgan fingerprint density at radius 2 is 1.38 bits per heavy atom. The molecule has 0 radical (unpaired) electrons. The zero-order chi connectivity index (χ0) is 22.4. The first-order chi connectivity index (χ1) is 13.2. The maximum Gasteiger partial charge on any atom is 0.322 e. The van der Waals surface area contributed by atoms with E-state index < -0.39 is 23.9 Å². The monoisotopic (exact) mass is 407 g/mol. The Hall–Kier alpha value is -2.41. The van der Waals surface area contributed by atoms with E-state index in [1.165, 1.54) is 7.11 Å². The molecule has 1 unspecified atom stereocenters. The Morgan fingerprint density at radius 3 is 1.83 bits per heavy atom. The van der Waals surface area contributed by atoms with Crippen molar-refractivity contribution in [1.82, 2.24) is 0 Å². The predicted octanol–water partition coefficient (Wildman–Crippen LogP) is 3.41. The van der Waals surface area contributed by atoms with Crippen LogP contribution in [0.4, 0.5) is 0 Å². The number of benzene rings is 1. The minimum Gasteiger partial charge on any atom is -0.468 e. The van der Waals surface area contributed by atoms with Crippen LogP contribution in [0.25, 0.3) is 0 Å². The van der Waals surface area contributed by atoms with Crippen molar-refractivity contribution in [3.8, 4) is 11.5 Å². The molecule has 0 saturated carbocycles. The smallest absolute Gasteiger partial charge is 0.322 e. The van der Waals surface area contributed by atoms with Crippen LogP contribution in [0.5, 0.6) is 11.5 Å². The van der Waals surface area contributed by atoms with Gasteiger partial charge in [0.1, 0.15) is 6.04 Å². The van der Waals surface area contributed by atoms with E-state index in [4.69, 9.17) is 15.2 Å². The molecular weight excluding hydrogens is 374 g/mol. The van der Waals surface area contributed by atoms with Gasteiger partial charge in [0.25, 0.3) is 0 Å². The number of rotatable bonds is 7. The molecular formula is C22H33NO6. The summed E-state index contributed by atoms with van der Waals surface area (Å²) in [5.41, 5.74) is 5.96. The summed E-state index contributed by atoms with van der Waals surface area (Å²) in [5.74, 6) is -1.14. The van der Waals surface area contributed by atoms with E-state index in [1.807, 2.05) is 41.5 Å². The fourth-order valence-corrected chi connectivity index (χ4v) is 2.52. The second kappa shape index (κ2) is 9.87. The van der Waals surface area contributed by atoms with Crippen LogP contribution in [0.15, 0.2) is 18.2 Å². The summed E-state index contributed by atoms with van der Waals surface area (Å²) >= 11 is 0. The molecule has 0 spiro atoms. The fourth-order valence-electron chi connectivity index (χ4n) is 2.52. The zero-order valence-electron chi connectivity index (χ0n) is 18.5. The molecule has 2 N–H and O–H groups in total. The van der Waals surface area contributed by atoms with Gasteiger partial charge in [-0.2, -0.15) is 0 Å². The van der Waals surface area contributed by atoms with Gasteiger partial charge >= 0.3 is 17.9 Å². The quantitative estimate of drug-likeness (QED) is 0.545. The molecule has 0 aliphatic heterocycles. The lowest BCUT2D eigenvalue weighted by molar-refractivity contribution is -0.142. The first-order valence-corrected chi connectivity index (χ1v) is 9.58. The highest BCUT2D eigenvalue weighted by Gasteiger charge is 2.23. The highest BCUT2D eigenvalue weighted by molar-refractivity contribution is 5.77. The first-order valence-electron chi connectivity index (χ1n) is 9.58. The van der Waals surface area contributed by atoms with Crippen LogP contribution < -0.4 is 15.2 Å². The minimum absolute atomic E-state index is 0.121. The summed E-state index contributed by atoms with van der Waals surface area (Å²) in [4.78, 5) is 36.1. The summed E-state index contributed by atoms with van der Waals surface area (Å²) in [7, 11) is 1.26. The van der Waals surface area contributed by atoms with Crippen molar-refractivity contribution in [3.05, 3.63) is 23.8 Å². The third-order valence-electron chi connectivity index (χ3n) is 3.76. The maximum atomic E-state index is 12.3. The standard InChI is InChI=1S/C22H33NO6/c1-21(2,3)12-18(24)28-16-9-8-14(10-15(23)20(26)27-7)11-17(16)29-19(25)13-22(4,5)6/h8-9,11,15H,10,12-13,23H2,1-7H3. The van der Waals surface area contributed by atoms with Crippen molar-refractivity contribution in [2.24, 2.45) is 16.6 Å². The molecule has 0 heterocycles. The molecule has 7 heteroatoms. The molecule has 1 rings (SSSR count). The lowest BCUT2D eigenvalue weighted by Crippen LogP contribution is -2.33. The Balaban J connectivity index is 3.10. The summed E-state index contributed by atoms with van der Waals surface area (Å²) < 4.78 is 15.6. The predicted molar refractivity (Wildman–Crippen MR) is 110 cm³/mol. The number of esters is 3. The fraction of sp³-hybridized carbons (Fsp3) is 0.591. The number of carbonyl (C=O) groups is 3. The second-order valence-corrected chi connectivity index (χ2v) is 9.54. The Morgan fingerprint density at radius 1 is 0.897 bits per heavy atom. The molecule has 0 aliphatic carbocycles. The third-order valence-corrected chi connectivity index (χ3v) is 3.76. The van der Waals surface area contributed by atoms with Gasteiger partial charge in [-0.1, -0.05) is 47.6 Å². The van der Waals surface area contributed by atoms with Crippen molar-refractivity contribution < 1.29 is 28.6 Å².